The van der Waals surface area contributed by atoms with Crippen molar-refractivity contribution in [3.63, 3.8) is 0 Å². The third-order valence-electron chi connectivity index (χ3n) is 4.85. The largest absolute Gasteiger partial charge is 0.493 e. The minimum absolute atomic E-state index is 0.112. The second kappa shape index (κ2) is 8.64. The van der Waals surface area contributed by atoms with Gasteiger partial charge in [0.25, 0.3) is 0 Å². The minimum Gasteiger partial charge on any atom is -0.493 e. The van der Waals surface area contributed by atoms with Crippen LogP contribution in [-0.2, 0) is 10.0 Å². The van der Waals surface area contributed by atoms with Crippen LogP contribution < -0.4 is 9.47 Å². The highest BCUT2D eigenvalue weighted by molar-refractivity contribution is 7.89. The van der Waals surface area contributed by atoms with Crippen molar-refractivity contribution in [1.29, 1.82) is 5.26 Å². The molecule has 0 radical (unpaired) electrons. The summed E-state index contributed by atoms with van der Waals surface area (Å²) in [6.07, 6.45) is 2.68. The van der Waals surface area contributed by atoms with Crippen LogP contribution in [0, 0.1) is 18.3 Å². The van der Waals surface area contributed by atoms with E-state index in [1.54, 1.807) is 13.0 Å². The summed E-state index contributed by atoms with van der Waals surface area (Å²) in [5.41, 5.74) is 1.06. The van der Waals surface area contributed by atoms with Crippen molar-refractivity contribution in [3.8, 4) is 17.6 Å². The van der Waals surface area contributed by atoms with E-state index in [9.17, 15) is 13.2 Å². The highest BCUT2D eigenvalue weighted by Crippen LogP contribution is 2.29. The predicted octanol–water partition coefficient (Wildman–Crippen LogP) is 3.27. The maximum Gasteiger partial charge on any atom is 0.343 e. The molecule has 0 amide bonds. The predicted molar refractivity (Wildman–Crippen MR) is 106 cm³/mol. The molecule has 152 valence electrons. The van der Waals surface area contributed by atoms with E-state index < -0.39 is 16.0 Å². The van der Waals surface area contributed by atoms with Gasteiger partial charge in [-0.15, -0.1) is 0 Å². The molecule has 0 aromatic heterocycles. The van der Waals surface area contributed by atoms with E-state index in [2.05, 4.69) is 0 Å². The molecular formula is C21H22N2O5S. The zero-order valence-electron chi connectivity index (χ0n) is 16.3. The second-order valence-electron chi connectivity index (χ2n) is 6.81. The van der Waals surface area contributed by atoms with Crippen LogP contribution in [0.2, 0.25) is 0 Å². The van der Waals surface area contributed by atoms with Gasteiger partial charge in [0.05, 0.1) is 29.2 Å². The highest BCUT2D eigenvalue weighted by Gasteiger charge is 2.28. The molecule has 0 atom stereocenters. The summed E-state index contributed by atoms with van der Waals surface area (Å²) >= 11 is 0. The van der Waals surface area contributed by atoms with E-state index in [0.717, 1.165) is 19.3 Å². The maximum absolute atomic E-state index is 13.0. The van der Waals surface area contributed by atoms with Gasteiger partial charge in [-0.3, -0.25) is 0 Å². The van der Waals surface area contributed by atoms with E-state index >= 15 is 0 Å². The number of carbonyl (C=O) groups excluding carboxylic acids is 1. The number of carbonyl (C=O) groups is 1. The lowest BCUT2D eigenvalue weighted by Gasteiger charge is -2.26. The Bertz CT molecular complexity index is 1070. The normalized spacial score (nSPS) is 14.8. The molecule has 2 aromatic carbocycles. The van der Waals surface area contributed by atoms with Gasteiger partial charge in [0.1, 0.15) is 0 Å². The molecule has 8 heteroatoms. The second-order valence-corrected chi connectivity index (χ2v) is 8.72. The zero-order chi connectivity index (χ0) is 21.0. The Kier molecular flexibility index (Phi) is 6.20. The van der Waals surface area contributed by atoms with Gasteiger partial charge in [-0.2, -0.15) is 9.57 Å². The molecule has 0 N–H and O–H groups in total. The Labute approximate surface area is 170 Å². The molecule has 1 heterocycles. The quantitative estimate of drug-likeness (QED) is 0.550. The Morgan fingerprint density at radius 2 is 1.79 bits per heavy atom. The SMILES string of the molecule is COc1cc(C#N)ccc1OC(=O)c1ccc(C)c(S(=O)(=O)N2CCCCC2)c1. The van der Waals surface area contributed by atoms with Crippen molar-refractivity contribution in [3.05, 3.63) is 53.1 Å². The molecule has 3 rings (SSSR count). The molecule has 2 aromatic rings. The first-order valence-electron chi connectivity index (χ1n) is 9.28. The molecule has 0 bridgehead atoms. The van der Waals surface area contributed by atoms with Crippen molar-refractivity contribution >= 4 is 16.0 Å². The van der Waals surface area contributed by atoms with Gasteiger partial charge >= 0.3 is 5.97 Å². The van der Waals surface area contributed by atoms with Crippen LogP contribution in [0.3, 0.4) is 0 Å². The van der Waals surface area contributed by atoms with Crippen LogP contribution in [0.15, 0.2) is 41.3 Å². The van der Waals surface area contributed by atoms with Crippen LogP contribution in [0.1, 0.15) is 40.7 Å². The van der Waals surface area contributed by atoms with Gasteiger partial charge in [0.15, 0.2) is 11.5 Å². The Morgan fingerprint density at radius 3 is 2.45 bits per heavy atom. The Morgan fingerprint density at radius 1 is 1.07 bits per heavy atom. The summed E-state index contributed by atoms with van der Waals surface area (Å²) in [5.74, 6) is -0.314. The molecule has 1 aliphatic rings. The first kappa shape index (κ1) is 20.8. The average Bonchev–Trinajstić information content (AvgIpc) is 2.74. The number of benzene rings is 2. The van der Waals surface area contributed by atoms with Gasteiger partial charge in [-0.1, -0.05) is 12.5 Å². The molecule has 1 saturated heterocycles. The highest BCUT2D eigenvalue weighted by atomic mass is 32.2. The zero-order valence-corrected chi connectivity index (χ0v) is 17.2. The van der Waals surface area contributed by atoms with Crippen LogP contribution in [0.5, 0.6) is 11.5 Å². The van der Waals surface area contributed by atoms with Gasteiger partial charge in [0, 0.05) is 19.2 Å². The third kappa shape index (κ3) is 4.42. The van der Waals surface area contributed by atoms with Crippen molar-refractivity contribution in [2.24, 2.45) is 0 Å². The van der Waals surface area contributed by atoms with E-state index in [-0.39, 0.29) is 22.0 Å². The number of methoxy groups -OCH3 is 1. The van der Waals surface area contributed by atoms with Gasteiger partial charge in [-0.05, 0) is 49.6 Å². The summed E-state index contributed by atoms with van der Waals surface area (Å²) < 4.78 is 38.1. The van der Waals surface area contributed by atoms with E-state index in [1.807, 2.05) is 6.07 Å². The number of nitrogens with zero attached hydrogens (tertiary/aromatic N) is 2. The summed E-state index contributed by atoms with van der Waals surface area (Å²) in [7, 11) is -2.27. The van der Waals surface area contributed by atoms with Gasteiger partial charge < -0.3 is 9.47 Å². The molecule has 7 nitrogen and oxygen atoms in total. The molecule has 0 aliphatic carbocycles. The first-order chi connectivity index (χ1) is 13.9. The lowest BCUT2D eigenvalue weighted by atomic mass is 10.1. The topological polar surface area (TPSA) is 96.7 Å². The number of nitriles is 1. The summed E-state index contributed by atoms with van der Waals surface area (Å²) in [4.78, 5) is 12.8. The number of rotatable bonds is 5. The molecule has 0 unspecified atom stereocenters. The van der Waals surface area contributed by atoms with Crippen LogP contribution in [0.25, 0.3) is 0 Å². The van der Waals surface area contributed by atoms with Crippen molar-refractivity contribution in [2.75, 3.05) is 20.2 Å². The third-order valence-corrected chi connectivity index (χ3v) is 6.89. The molecular weight excluding hydrogens is 392 g/mol. The summed E-state index contributed by atoms with van der Waals surface area (Å²) in [5, 5.41) is 8.97. The fourth-order valence-corrected chi connectivity index (χ4v) is 5.00. The number of hydrogen-bond donors (Lipinski definition) is 0. The monoisotopic (exact) mass is 414 g/mol. The first-order valence-corrected chi connectivity index (χ1v) is 10.7. The smallest absolute Gasteiger partial charge is 0.343 e. The molecule has 29 heavy (non-hydrogen) atoms. The van der Waals surface area contributed by atoms with E-state index in [0.29, 0.717) is 24.2 Å². The minimum atomic E-state index is -3.68. The van der Waals surface area contributed by atoms with Crippen molar-refractivity contribution < 1.29 is 22.7 Å². The lowest BCUT2D eigenvalue weighted by Crippen LogP contribution is -2.36. The number of sulfonamides is 1. The van der Waals surface area contributed by atoms with Crippen LogP contribution in [0.4, 0.5) is 0 Å². The molecule has 0 spiro atoms. The fourth-order valence-electron chi connectivity index (χ4n) is 3.23. The van der Waals surface area contributed by atoms with Crippen LogP contribution in [-0.4, -0.2) is 38.9 Å². The van der Waals surface area contributed by atoms with Gasteiger partial charge in [0.2, 0.25) is 10.0 Å². The summed E-state index contributed by atoms with van der Waals surface area (Å²) in [6, 6.07) is 10.9. The Balaban J connectivity index is 1.90. The van der Waals surface area contributed by atoms with E-state index in [4.69, 9.17) is 14.7 Å². The number of aryl methyl sites for hydroxylation is 1. The lowest BCUT2D eigenvalue weighted by molar-refractivity contribution is 0.0729. The fraction of sp³-hybridized carbons (Fsp3) is 0.333. The molecule has 0 saturated carbocycles. The standard InChI is InChI=1S/C21H22N2O5S/c1-15-6-8-17(13-20(15)29(25,26)23-10-4-3-5-11-23)21(24)28-18-9-7-16(14-22)12-19(18)27-2/h6-9,12-13H,3-5,10-11H2,1-2H3. The van der Waals surface area contributed by atoms with Crippen LogP contribution >= 0.6 is 0 Å². The number of hydrogen-bond acceptors (Lipinski definition) is 6. The molecule has 1 fully saturated rings. The Hall–Kier alpha value is -2.89. The van der Waals surface area contributed by atoms with Gasteiger partial charge in [-0.25, -0.2) is 13.2 Å². The summed E-state index contributed by atoms with van der Waals surface area (Å²) in [6.45, 7) is 2.67. The average molecular weight is 414 g/mol. The maximum atomic E-state index is 13.0. The molecule has 1 aliphatic heterocycles. The van der Waals surface area contributed by atoms with E-state index in [1.165, 1.54) is 41.7 Å². The van der Waals surface area contributed by atoms with Crippen molar-refractivity contribution in [2.45, 2.75) is 31.1 Å². The van der Waals surface area contributed by atoms with Crippen molar-refractivity contribution in [1.82, 2.24) is 4.31 Å². The number of esters is 1. The number of piperidine rings is 1. The number of ether oxygens (including phenoxy) is 2.